The molecule has 1 aliphatic heterocycles. The summed E-state index contributed by atoms with van der Waals surface area (Å²) in [6, 6.07) is 0.978. The first-order valence-corrected chi connectivity index (χ1v) is 4.86. The summed E-state index contributed by atoms with van der Waals surface area (Å²) in [5.74, 6) is 0. The van der Waals surface area contributed by atoms with Gasteiger partial charge >= 0.3 is 5.69 Å². The predicted octanol–water partition coefficient (Wildman–Crippen LogP) is -1.56. The van der Waals surface area contributed by atoms with Gasteiger partial charge in [0.25, 0.3) is 5.56 Å². The van der Waals surface area contributed by atoms with Crippen LogP contribution in [0, 0.1) is 0 Å². The van der Waals surface area contributed by atoms with Gasteiger partial charge in [0.1, 0.15) is 0 Å². The molecule has 16 heavy (non-hydrogen) atoms. The number of aliphatic hydroxyl groups is 1. The Balaban J connectivity index is 2.14. The van der Waals surface area contributed by atoms with Crippen LogP contribution < -0.4 is 11.2 Å². The molecule has 1 aromatic heterocycles. The van der Waals surface area contributed by atoms with Crippen molar-refractivity contribution >= 4 is 0 Å². The summed E-state index contributed by atoms with van der Waals surface area (Å²) in [6.07, 6.45) is 0.771. The molecule has 7 heteroatoms. The molecule has 2 N–H and O–H groups in total. The normalized spacial score (nSPS) is 25.6. The maximum absolute atomic E-state index is 11.4. The monoisotopic (exact) mass is 228 g/mol. The van der Waals surface area contributed by atoms with Crippen molar-refractivity contribution < 1.29 is 14.6 Å². The van der Waals surface area contributed by atoms with E-state index < -0.39 is 17.5 Å². The lowest BCUT2D eigenvalue weighted by molar-refractivity contribution is -0.211. The molecule has 1 aliphatic rings. The van der Waals surface area contributed by atoms with Gasteiger partial charge in [0.15, 0.2) is 6.29 Å². The summed E-state index contributed by atoms with van der Waals surface area (Å²) in [7, 11) is 0. The van der Waals surface area contributed by atoms with Crippen LogP contribution in [0.2, 0.25) is 0 Å². The molecule has 1 saturated heterocycles. The molecular formula is C9H12N2O5. The van der Waals surface area contributed by atoms with Crippen LogP contribution in [0.5, 0.6) is 0 Å². The third-order valence-corrected chi connectivity index (χ3v) is 2.34. The van der Waals surface area contributed by atoms with E-state index in [1.165, 1.54) is 16.8 Å². The molecule has 0 atom stereocenters. The molecule has 0 spiro atoms. The molecule has 1 fully saturated rings. The molecule has 7 nitrogen and oxygen atoms in total. The molecule has 1 aromatic rings. The zero-order valence-corrected chi connectivity index (χ0v) is 8.46. The Labute approximate surface area is 90.2 Å². The van der Waals surface area contributed by atoms with Crippen molar-refractivity contribution in [1.29, 1.82) is 0 Å². The summed E-state index contributed by atoms with van der Waals surface area (Å²) < 4.78 is 11.7. The van der Waals surface area contributed by atoms with Gasteiger partial charge in [-0.25, -0.2) is 4.79 Å². The number of nitrogens with one attached hydrogen (secondary N) is 1. The second-order valence-corrected chi connectivity index (χ2v) is 3.45. The summed E-state index contributed by atoms with van der Waals surface area (Å²) in [5.41, 5.74) is -0.931. The highest BCUT2D eigenvalue weighted by Crippen LogP contribution is 2.13. The average Bonchev–Trinajstić information content (AvgIpc) is 2.29. The van der Waals surface area contributed by atoms with E-state index in [-0.39, 0.29) is 25.9 Å². The fraction of sp³-hybridized carbons (Fsp3) is 0.556. The van der Waals surface area contributed by atoms with Crippen LogP contribution in [0.1, 0.15) is 6.04 Å². The van der Waals surface area contributed by atoms with E-state index in [0.717, 1.165) is 0 Å². The van der Waals surface area contributed by atoms with Gasteiger partial charge < -0.3 is 14.6 Å². The third-order valence-electron chi connectivity index (χ3n) is 2.34. The minimum atomic E-state index is -0.630. The second-order valence-electron chi connectivity index (χ2n) is 3.45. The van der Waals surface area contributed by atoms with Gasteiger partial charge in [0, 0.05) is 12.3 Å². The number of rotatable bonds is 2. The molecule has 0 bridgehead atoms. The van der Waals surface area contributed by atoms with E-state index in [2.05, 4.69) is 4.98 Å². The minimum Gasteiger partial charge on any atom is -0.391 e. The Morgan fingerprint density at radius 2 is 2.12 bits per heavy atom. The number of aliphatic hydroxyl groups excluding tert-OH is 1. The Kier molecular flexibility index (Phi) is 3.18. The number of aromatic nitrogens is 2. The lowest BCUT2D eigenvalue weighted by atomic mass is 10.3. The van der Waals surface area contributed by atoms with Gasteiger partial charge in [0.05, 0.1) is 25.9 Å². The van der Waals surface area contributed by atoms with Crippen LogP contribution in [-0.4, -0.2) is 40.8 Å². The van der Waals surface area contributed by atoms with Crippen molar-refractivity contribution in [2.45, 2.75) is 12.3 Å². The quantitative estimate of drug-likeness (QED) is 0.638. The summed E-state index contributed by atoms with van der Waals surface area (Å²) in [5, 5.41) is 8.77. The number of hydrogen-bond acceptors (Lipinski definition) is 5. The number of H-pyrrole nitrogens is 1. The number of nitrogens with zero attached hydrogens (tertiary/aromatic N) is 1. The molecule has 0 aliphatic carbocycles. The zero-order valence-electron chi connectivity index (χ0n) is 8.46. The van der Waals surface area contributed by atoms with E-state index in [4.69, 9.17) is 14.6 Å². The molecule has 2 heterocycles. The van der Waals surface area contributed by atoms with Crippen molar-refractivity contribution in [2.75, 3.05) is 19.8 Å². The van der Waals surface area contributed by atoms with E-state index in [9.17, 15) is 9.59 Å². The molecule has 0 amide bonds. The van der Waals surface area contributed by atoms with Gasteiger partial charge in [-0.05, 0) is 0 Å². The highest BCUT2D eigenvalue weighted by atomic mass is 16.7. The lowest BCUT2D eigenvalue weighted by Crippen LogP contribution is -2.41. The van der Waals surface area contributed by atoms with Gasteiger partial charge in [-0.3, -0.25) is 14.3 Å². The first-order chi connectivity index (χ1) is 7.70. The van der Waals surface area contributed by atoms with E-state index in [1.807, 2.05) is 0 Å². The first-order valence-electron chi connectivity index (χ1n) is 4.86. The van der Waals surface area contributed by atoms with E-state index >= 15 is 0 Å². The Hall–Kier alpha value is -1.44. The first kappa shape index (κ1) is 11.1. The number of ether oxygens (including phenoxy) is 2. The van der Waals surface area contributed by atoms with Crippen LogP contribution in [0.4, 0.5) is 0 Å². The topological polar surface area (TPSA) is 93.5 Å². The Morgan fingerprint density at radius 1 is 1.44 bits per heavy atom. The van der Waals surface area contributed by atoms with E-state index in [1.54, 1.807) is 0 Å². The van der Waals surface area contributed by atoms with Crippen molar-refractivity contribution in [3.63, 3.8) is 0 Å². The molecule has 0 radical (unpaired) electrons. The summed E-state index contributed by atoms with van der Waals surface area (Å²) in [4.78, 5) is 24.4. The molecule has 0 aromatic carbocycles. The van der Waals surface area contributed by atoms with Gasteiger partial charge in [0.2, 0.25) is 0 Å². The molecule has 88 valence electrons. The van der Waals surface area contributed by atoms with E-state index in [0.29, 0.717) is 0 Å². The van der Waals surface area contributed by atoms with Crippen molar-refractivity contribution in [1.82, 2.24) is 9.55 Å². The highest BCUT2D eigenvalue weighted by molar-refractivity contribution is 4.86. The number of aromatic amines is 1. The van der Waals surface area contributed by atoms with Crippen LogP contribution in [-0.2, 0) is 9.47 Å². The summed E-state index contributed by atoms with van der Waals surface area (Å²) >= 11 is 0. The number of hydrogen-bond donors (Lipinski definition) is 2. The van der Waals surface area contributed by atoms with Gasteiger partial charge in [-0.2, -0.15) is 0 Å². The van der Waals surface area contributed by atoms with Crippen LogP contribution in [0.25, 0.3) is 0 Å². The maximum atomic E-state index is 11.4. The second kappa shape index (κ2) is 4.60. The third kappa shape index (κ3) is 2.21. The van der Waals surface area contributed by atoms with Crippen LogP contribution >= 0.6 is 0 Å². The average molecular weight is 228 g/mol. The van der Waals surface area contributed by atoms with Crippen molar-refractivity contribution in [3.05, 3.63) is 33.1 Å². The SMILES string of the molecule is O=c1ccn(C2COC(CO)OC2)c(=O)[nH]1. The minimum absolute atomic E-state index is 0.215. The molecule has 2 rings (SSSR count). The largest absolute Gasteiger partial charge is 0.391 e. The summed E-state index contributed by atoms with van der Waals surface area (Å²) in [6.45, 7) is 0.307. The van der Waals surface area contributed by atoms with Gasteiger partial charge in [-0.1, -0.05) is 0 Å². The standard InChI is InChI=1S/C9H12N2O5/c12-3-8-15-4-6(5-16-8)11-2-1-7(13)10-9(11)14/h1-2,6,8,12H,3-5H2,(H,10,13,14). The Morgan fingerprint density at radius 3 is 2.69 bits per heavy atom. The smallest absolute Gasteiger partial charge is 0.328 e. The predicted molar refractivity (Wildman–Crippen MR) is 53.1 cm³/mol. The zero-order chi connectivity index (χ0) is 11.5. The van der Waals surface area contributed by atoms with Crippen molar-refractivity contribution in [3.8, 4) is 0 Å². The van der Waals surface area contributed by atoms with Crippen molar-refractivity contribution in [2.24, 2.45) is 0 Å². The van der Waals surface area contributed by atoms with Crippen LogP contribution in [0.3, 0.4) is 0 Å². The Bertz CT molecular complexity index is 457. The molecular weight excluding hydrogens is 216 g/mol. The molecule has 0 unspecified atom stereocenters. The van der Waals surface area contributed by atoms with Crippen LogP contribution in [0.15, 0.2) is 21.9 Å². The molecule has 0 saturated carbocycles. The fourth-order valence-corrected chi connectivity index (χ4v) is 1.51. The maximum Gasteiger partial charge on any atom is 0.328 e. The fourth-order valence-electron chi connectivity index (χ4n) is 1.51. The highest BCUT2D eigenvalue weighted by Gasteiger charge is 2.23. The van der Waals surface area contributed by atoms with Gasteiger partial charge in [-0.15, -0.1) is 0 Å². The lowest BCUT2D eigenvalue weighted by Gasteiger charge is -2.29.